The Kier molecular flexibility index (Phi) is 3.82. The Labute approximate surface area is 102 Å². The number of thiazole rings is 1. The highest BCUT2D eigenvalue weighted by molar-refractivity contribution is 7.15. The third kappa shape index (κ3) is 3.46. The van der Waals surface area contributed by atoms with E-state index in [1.54, 1.807) is 11.3 Å². The predicted molar refractivity (Wildman–Crippen MR) is 70.1 cm³/mol. The SMILES string of the molecule is CC(CC1CC1)NCc1cnc(N(C)C)s1. The first kappa shape index (κ1) is 11.9. The number of hydrogen-bond donors (Lipinski definition) is 1. The Balaban J connectivity index is 1.74. The van der Waals surface area contributed by atoms with E-state index in [4.69, 9.17) is 0 Å². The molecule has 16 heavy (non-hydrogen) atoms. The van der Waals surface area contributed by atoms with Gasteiger partial charge < -0.3 is 10.2 Å². The molecule has 0 aliphatic heterocycles. The van der Waals surface area contributed by atoms with Gasteiger partial charge in [0.05, 0.1) is 0 Å². The number of hydrogen-bond acceptors (Lipinski definition) is 4. The molecule has 1 heterocycles. The number of anilines is 1. The van der Waals surface area contributed by atoms with Crippen LogP contribution in [0.5, 0.6) is 0 Å². The zero-order valence-electron chi connectivity index (χ0n) is 10.4. The van der Waals surface area contributed by atoms with Crippen LogP contribution in [0.3, 0.4) is 0 Å². The molecule has 1 aromatic heterocycles. The molecule has 0 amide bonds. The van der Waals surface area contributed by atoms with Crippen LogP contribution in [0, 0.1) is 5.92 Å². The summed E-state index contributed by atoms with van der Waals surface area (Å²) in [6, 6.07) is 0.636. The number of rotatable bonds is 6. The van der Waals surface area contributed by atoms with Crippen molar-refractivity contribution < 1.29 is 0 Å². The largest absolute Gasteiger partial charge is 0.354 e. The minimum atomic E-state index is 0.636. The topological polar surface area (TPSA) is 28.2 Å². The maximum absolute atomic E-state index is 4.37. The summed E-state index contributed by atoms with van der Waals surface area (Å²) in [5.41, 5.74) is 0. The molecule has 1 aliphatic rings. The summed E-state index contributed by atoms with van der Waals surface area (Å²) < 4.78 is 0. The molecular formula is C12H21N3S. The van der Waals surface area contributed by atoms with Crippen LogP contribution in [0.2, 0.25) is 0 Å². The van der Waals surface area contributed by atoms with Gasteiger partial charge in [0, 0.05) is 37.8 Å². The van der Waals surface area contributed by atoms with Crippen molar-refractivity contribution in [2.45, 2.75) is 38.8 Å². The molecular weight excluding hydrogens is 218 g/mol. The van der Waals surface area contributed by atoms with Crippen LogP contribution >= 0.6 is 11.3 Å². The fourth-order valence-corrected chi connectivity index (χ4v) is 2.58. The summed E-state index contributed by atoms with van der Waals surface area (Å²) in [6.07, 6.45) is 6.20. The average molecular weight is 239 g/mol. The minimum absolute atomic E-state index is 0.636. The van der Waals surface area contributed by atoms with Crippen LogP contribution in [0.4, 0.5) is 5.13 Å². The van der Waals surface area contributed by atoms with Crippen molar-refractivity contribution in [2.24, 2.45) is 5.92 Å². The van der Waals surface area contributed by atoms with E-state index in [9.17, 15) is 0 Å². The van der Waals surface area contributed by atoms with Gasteiger partial charge in [0.15, 0.2) is 5.13 Å². The Morgan fingerprint density at radius 3 is 2.88 bits per heavy atom. The summed E-state index contributed by atoms with van der Waals surface area (Å²) in [7, 11) is 4.07. The van der Waals surface area contributed by atoms with E-state index in [2.05, 4.69) is 22.1 Å². The fraction of sp³-hybridized carbons (Fsp3) is 0.750. The standard InChI is InChI=1S/C12H21N3S/c1-9(6-10-4-5-10)13-7-11-8-14-12(16-11)15(2)3/h8-10,13H,4-7H2,1-3H3. The lowest BCUT2D eigenvalue weighted by Gasteiger charge is -2.11. The smallest absolute Gasteiger partial charge is 0.185 e. The summed E-state index contributed by atoms with van der Waals surface area (Å²) in [5.74, 6) is 1.00. The van der Waals surface area contributed by atoms with Crippen LogP contribution in [0.25, 0.3) is 0 Å². The predicted octanol–water partition coefficient (Wildman–Crippen LogP) is 2.49. The zero-order valence-corrected chi connectivity index (χ0v) is 11.2. The van der Waals surface area contributed by atoms with E-state index >= 15 is 0 Å². The highest BCUT2D eigenvalue weighted by Gasteiger charge is 2.23. The molecule has 0 aromatic carbocycles. The van der Waals surface area contributed by atoms with Gasteiger partial charge in [-0.2, -0.15) is 0 Å². The van der Waals surface area contributed by atoms with Gasteiger partial charge in [-0.05, 0) is 19.3 Å². The van der Waals surface area contributed by atoms with Crippen molar-refractivity contribution in [1.82, 2.24) is 10.3 Å². The first-order valence-electron chi connectivity index (χ1n) is 6.00. The Morgan fingerprint density at radius 1 is 1.56 bits per heavy atom. The minimum Gasteiger partial charge on any atom is -0.354 e. The first-order chi connectivity index (χ1) is 7.65. The van der Waals surface area contributed by atoms with Crippen molar-refractivity contribution in [3.63, 3.8) is 0 Å². The normalized spacial score (nSPS) is 17.4. The molecule has 0 spiro atoms. The maximum Gasteiger partial charge on any atom is 0.185 e. The molecule has 1 fully saturated rings. The Morgan fingerprint density at radius 2 is 2.31 bits per heavy atom. The number of nitrogens with one attached hydrogen (secondary N) is 1. The van der Waals surface area contributed by atoms with Crippen molar-refractivity contribution in [3.8, 4) is 0 Å². The lowest BCUT2D eigenvalue weighted by atomic mass is 10.1. The second kappa shape index (κ2) is 5.15. The molecule has 1 aliphatic carbocycles. The lowest BCUT2D eigenvalue weighted by Crippen LogP contribution is -2.25. The summed E-state index contributed by atoms with van der Waals surface area (Å²) in [4.78, 5) is 7.75. The second-order valence-electron chi connectivity index (χ2n) is 4.96. The Hall–Kier alpha value is -0.610. The molecule has 0 bridgehead atoms. The van der Waals surface area contributed by atoms with Crippen LogP contribution in [0.1, 0.15) is 31.1 Å². The first-order valence-corrected chi connectivity index (χ1v) is 6.82. The van der Waals surface area contributed by atoms with Gasteiger partial charge in [-0.25, -0.2) is 4.98 Å². The van der Waals surface area contributed by atoms with Gasteiger partial charge in [0.2, 0.25) is 0 Å². The Bertz CT molecular complexity index is 331. The highest BCUT2D eigenvalue weighted by Crippen LogP contribution is 2.33. The van der Waals surface area contributed by atoms with Gasteiger partial charge >= 0.3 is 0 Å². The van der Waals surface area contributed by atoms with Gasteiger partial charge in [0.25, 0.3) is 0 Å². The van der Waals surface area contributed by atoms with Crippen LogP contribution in [0.15, 0.2) is 6.20 Å². The monoisotopic (exact) mass is 239 g/mol. The van der Waals surface area contributed by atoms with E-state index in [1.807, 2.05) is 20.3 Å². The average Bonchev–Trinajstić information content (AvgIpc) is 2.91. The summed E-state index contributed by atoms with van der Waals surface area (Å²) >= 11 is 1.77. The third-order valence-corrected chi connectivity index (χ3v) is 4.10. The summed E-state index contributed by atoms with van der Waals surface area (Å²) in [6.45, 7) is 3.24. The molecule has 2 rings (SSSR count). The van der Waals surface area contributed by atoms with E-state index < -0.39 is 0 Å². The van der Waals surface area contributed by atoms with Crippen molar-refractivity contribution >= 4 is 16.5 Å². The van der Waals surface area contributed by atoms with Gasteiger partial charge in [-0.15, -0.1) is 11.3 Å². The van der Waals surface area contributed by atoms with E-state index in [0.29, 0.717) is 6.04 Å². The molecule has 1 atom stereocenters. The molecule has 1 N–H and O–H groups in total. The molecule has 0 radical (unpaired) electrons. The number of aromatic nitrogens is 1. The molecule has 4 heteroatoms. The molecule has 1 aromatic rings. The van der Waals surface area contributed by atoms with Crippen LogP contribution in [-0.4, -0.2) is 25.1 Å². The van der Waals surface area contributed by atoms with Gasteiger partial charge in [0.1, 0.15) is 0 Å². The lowest BCUT2D eigenvalue weighted by molar-refractivity contribution is 0.489. The maximum atomic E-state index is 4.37. The van der Waals surface area contributed by atoms with Crippen molar-refractivity contribution in [3.05, 3.63) is 11.1 Å². The second-order valence-corrected chi connectivity index (χ2v) is 6.06. The molecule has 3 nitrogen and oxygen atoms in total. The quantitative estimate of drug-likeness (QED) is 0.826. The fourth-order valence-electron chi connectivity index (χ4n) is 1.80. The third-order valence-electron chi connectivity index (χ3n) is 2.93. The van der Waals surface area contributed by atoms with Crippen molar-refractivity contribution in [2.75, 3.05) is 19.0 Å². The van der Waals surface area contributed by atoms with E-state index in [0.717, 1.165) is 17.6 Å². The van der Waals surface area contributed by atoms with E-state index in [1.165, 1.54) is 24.1 Å². The van der Waals surface area contributed by atoms with Gasteiger partial charge in [-0.3, -0.25) is 0 Å². The molecule has 0 saturated heterocycles. The number of nitrogens with zero attached hydrogens (tertiary/aromatic N) is 2. The molecule has 90 valence electrons. The summed E-state index contributed by atoms with van der Waals surface area (Å²) in [5, 5.41) is 4.66. The van der Waals surface area contributed by atoms with Crippen LogP contribution < -0.4 is 10.2 Å². The molecule has 1 saturated carbocycles. The van der Waals surface area contributed by atoms with Gasteiger partial charge in [-0.1, -0.05) is 12.8 Å². The zero-order chi connectivity index (χ0) is 11.5. The van der Waals surface area contributed by atoms with E-state index in [-0.39, 0.29) is 0 Å². The molecule has 1 unspecified atom stereocenters. The van der Waals surface area contributed by atoms with Crippen molar-refractivity contribution in [1.29, 1.82) is 0 Å². The highest BCUT2D eigenvalue weighted by atomic mass is 32.1. The van der Waals surface area contributed by atoms with Crippen LogP contribution in [-0.2, 0) is 6.54 Å².